The van der Waals surface area contributed by atoms with Crippen LogP contribution in [0.25, 0.3) is 0 Å². The van der Waals surface area contributed by atoms with Crippen molar-refractivity contribution in [3.05, 3.63) is 34.1 Å². The van der Waals surface area contributed by atoms with E-state index in [1.807, 2.05) is 0 Å². The second-order valence-corrected chi connectivity index (χ2v) is 4.79. The molecule has 0 aliphatic carbocycles. The Bertz CT molecular complexity index is 446. The Kier molecular flexibility index (Phi) is 4.81. The quantitative estimate of drug-likeness (QED) is 0.929. The predicted molar refractivity (Wildman–Crippen MR) is 66.3 cm³/mol. The van der Waals surface area contributed by atoms with E-state index < -0.39 is 5.82 Å². The maximum atomic E-state index is 12.9. The van der Waals surface area contributed by atoms with Gasteiger partial charge in [-0.25, -0.2) is 4.39 Å². The van der Waals surface area contributed by atoms with Crippen LogP contribution in [0.5, 0.6) is 0 Å². The molecule has 0 aliphatic heterocycles. The summed E-state index contributed by atoms with van der Waals surface area (Å²) in [6.07, 6.45) is 0. The molecule has 5 heteroatoms. The zero-order chi connectivity index (χ0) is 13.0. The summed E-state index contributed by atoms with van der Waals surface area (Å²) in [4.78, 5) is 22.9. The van der Waals surface area contributed by atoms with Gasteiger partial charge in [-0.3, -0.25) is 9.59 Å². The first-order valence-corrected chi connectivity index (χ1v) is 5.97. The Morgan fingerprint density at radius 2 is 2.06 bits per heavy atom. The van der Waals surface area contributed by atoms with Crippen LogP contribution in [-0.4, -0.2) is 18.2 Å². The van der Waals surface area contributed by atoms with Crippen LogP contribution in [0.3, 0.4) is 0 Å². The lowest BCUT2D eigenvalue weighted by Gasteiger charge is -2.07. The molecular weight excluding hydrogens is 289 g/mol. The van der Waals surface area contributed by atoms with Crippen LogP contribution >= 0.6 is 15.9 Å². The zero-order valence-electron chi connectivity index (χ0n) is 9.59. The summed E-state index contributed by atoms with van der Waals surface area (Å²) in [6, 6.07) is 3.95. The van der Waals surface area contributed by atoms with Crippen LogP contribution in [-0.2, 0) is 4.79 Å². The average Bonchev–Trinajstić information content (AvgIpc) is 2.28. The Morgan fingerprint density at radius 3 is 2.59 bits per heavy atom. The number of carbonyl (C=O) groups excluding carboxylic acids is 2. The molecule has 0 saturated carbocycles. The monoisotopic (exact) mass is 301 g/mol. The molecular formula is C12H13BrFNO2. The van der Waals surface area contributed by atoms with Gasteiger partial charge in [-0.1, -0.05) is 13.8 Å². The van der Waals surface area contributed by atoms with Crippen molar-refractivity contribution < 1.29 is 14.0 Å². The van der Waals surface area contributed by atoms with Crippen molar-refractivity contribution in [2.24, 2.45) is 5.92 Å². The van der Waals surface area contributed by atoms with E-state index in [9.17, 15) is 14.0 Å². The first kappa shape index (κ1) is 13.8. The van der Waals surface area contributed by atoms with Gasteiger partial charge in [-0.05, 0) is 34.1 Å². The molecule has 17 heavy (non-hydrogen) atoms. The summed E-state index contributed by atoms with van der Waals surface area (Å²) >= 11 is 3.00. The van der Waals surface area contributed by atoms with Gasteiger partial charge in [-0.15, -0.1) is 0 Å². The van der Waals surface area contributed by atoms with Crippen molar-refractivity contribution in [3.63, 3.8) is 0 Å². The number of halogens is 2. The third kappa shape index (κ3) is 3.93. The van der Waals surface area contributed by atoms with Crippen LogP contribution in [0.2, 0.25) is 0 Å². The van der Waals surface area contributed by atoms with Crippen molar-refractivity contribution in [1.29, 1.82) is 0 Å². The molecule has 0 aliphatic rings. The summed E-state index contributed by atoms with van der Waals surface area (Å²) in [5.74, 6) is -0.978. The highest BCUT2D eigenvalue weighted by molar-refractivity contribution is 9.10. The minimum absolute atomic E-state index is 0.00844. The van der Waals surface area contributed by atoms with E-state index in [4.69, 9.17) is 0 Å². The van der Waals surface area contributed by atoms with Gasteiger partial charge in [0.15, 0.2) is 5.78 Å². The molecule has 92 valence electrons. The number of nitrogens with one attached hydrogen (secondary N) is 1. The van der Waals surface area contributed by atoms with Gasteiger partial charge < -0.3 is 5.32 Å². The fraction of sp³-hybridized carbons (Fsp3) is 0.333. The lowest BCUT2D eigenvalue weighted by atomic mass is 10.1. The summed E-state index contributed by atoms with van der Waals surface area (Å²) in [5.41, 5.74) is 0.315. The molecule has 0 fully saturated rings. The highest BCUT2D eigenvalue weighted by Gasteiger charge is 2.11. The molecule has 0 radical (unpaired) electrons. The average molecular weight is 302 g/mol. The Hall–Kier alpha value is -1.23. The molecule has 1 rings (SSSR count). The van der Waals surface area contributed by atoms with Crippen LogP contribution in [0.1, 0.15) is 24.2 Å². The minimum Gasteiger partial charge on any atom is -0.345 e. The molecule has 0 aromatic heterocycles. The first-order valence-electron chi connectivity index (χ1n) is 5.17. The second kappa shape index (κ2) is 5.91. The third-order valence-corrected chi connectivity index (χ3v) is 2.86. The van der Waals surface area contributed by atoms with Crippen LogP contribution in [0.4, 0.5) is 4.39 Å². The summed E-state index contributed by atoms with van der Waals surface area (Å²) in [6.45, 7) is 3.53. The fourth-order valence-electron chi connectivity index (χ4n) is 1.11. The lowest BCUT2D eigenvalue weighted by molar-refractivity contribution is -0.120. The number of hydrogen-bond donors (Lipinski definition) is 1. The number of Topliss-reactive ketones (excluding diaryl/α,β-unsaturated/α-hetero) is 1. The minimum atomic E-state index is -0.431. The molecule has 1 aromatic rings. The Morgan fingerprint density at radius 1 is 1.41 bits per heavy atom. The number of carbonyl (C=O) groups is 2. The molecule has 0 saturated heterocycles. The number of benzene rings is 1. The van der Waals surface area contributed by atoms with Gasteiger partial charge in [-0.2, -0.15) is 0 Å². The highest BCUT2D eigenvalue weighted by Crippen LogP contribution is 2.16. The van der Waals surface area contributed by atoms with Gasteiger partial charge in [0, 0.05) is 11.5 Å². The van der Waals surface area contributed by atoms with Crippen molar-refractivity contribution >= 4 is 27.6 Å². The molecule has 1 N–H and O–H groups in total. The van der Waals surface area contributed by atoms with E-state index in [-0.39, 0.29) is 28.6 Å². The summed E-state index contributed by atoms with van der Waals surface area (Å²) in [7, 11) is 0. The van der Waals surface area contributed by atoms with Gasteiger partial charge >= 0.3 is 0 Å². The smallest absolute Gasteiger partial charge is 0.251 e. The van der Waals surface area contributed by atoms with E-state index in [1.54, 1.807) is 13.8 Å². The van der Waals surface area contributed by atoms with Crippen molar-refractivity contribution in [2.75, 3.05) is 6.54 Å². The van der Waals surface area contributed by atoms with Gasteiger partial charge in [0.1, 0.15) is 5.82 Å². The van der Waals surface area contributed by atoms with E-state index >= 15 is 0 Å². The number of rotatable bonds is 4. The Labute approximate surface area is 108 Å². The molecule has 1 aromatic carbocycles. The van der Waals surface area contributed by atoms with Gasteiger partial charge in [0.2, 0.25) is 0 Å². The van der Waals surface area contributed by atoms with Crippen LogP contribution in [0.15, 0.2) is 22.7 Å². The molecule has 0 spiro atoms. The topological polar surface area (TPSA) is 46.2 Å². The van der Waals surface area contributed by atoms with Crippen LogP contribution in [0, 0.1) is 11.7 Å². The van der Waals surface area contributed by atoms with E-state index in [1.165, 1.54) is 18.2 Å². The second-order valence-electron chi connectivity index (χ2n) is 3.93. The predicted octanol–water partition coefficient (Wildman–Crippen LogP) is 2.54. The fourth-order valence-corrected chi connectivity index (χ4v) is 1.49. The lowest BCUT2D eigenvalue weighted by Crippen LogP contribution is -2.31. The third-order valence-electron chi connectivity index (χ3n) is 2.25. The Balaban J connectivity index is 2.64. The van der Waals surface area contributed by atoms with E-state index in [2.05, 4.69) is 21.2 Å². The van der Waals surface area contributed by atoms with Crippen LogP contribution < -0.4 is 5.32 Å². The molecule has 3 nitrogen and oxygen atoms in total. The normalized spacial score (nSPS) is 10.4. The number of ketones is 1. The maximum absolute atomic E-state index is 12.9. The molecule has 0 atom stereocenters. The summed E-state index contributed by atoms with van der Waals surface area (Å²) in [5, 5.41) is 2.49. The largest absolute Gasteiger partial charge is 0.345 e. The number of amides is 1. The molecule has 0 heterocycles. The van der Waals surface area contributed by atoms with Crippen molar-refractivity contribution in [2.45, 2.75) is 13.8 Å². The van der Waals surface area contributed by atoms with Gasteiger partial charge in [0.05, 0.1) is 11.0 Å². The number of hydrogen-bond acceptors (Lipinski definition) is 2. The molecule has 0 bridgehead atoms. The van der Waals surface area contributed by atoms with Gasteiger partial charge in [0.25, 0.3) is 5.91 Å². The maximum Gasteiger partial charge on any atom is 0.251 e. The SMILES string of the molecule is CC(C)C(=O)CNC(=O)c1ccc(F)c(Br)c1. The van der Waals surface area contributed by atoms with E-state index in [0.29, 0.717) is 5.56 Å². The van der Waals surface area contributed by atoms with E-state index in [0.717, 1.165) is 0 Å². The highest BCUT2D eigenvalue weighted by atomic mass is 79.9. The standard InChI is InChI=1S/C12H13BrFNO2/c1-7(2)11(16)6-15-12(17)8-3-4-10(14)9(13)5-8/h3-5,7H,6H2,1-2H3,(H,15,17). The van der Waals surface area contributed by atoms with Crippen molar-refractivity contribution in [1.82, 2.24) is 5.32 Å². The summed E-state index contributed by atoms with van der Waals surface area (Å²) < 4.78 is 13.2. The van der Waals surface area contributed by atoms with Crippen molar-refractivity contribution in [3.8, 4) is 0 Å². The molecule has 1 amide bonds. The zero-order valence-corrected chi connectivity index (χ0v) is 11.2. The first-order chi connectivity index (χ1) is 7.91. The molecule has 0 unspecified atom stereocenters.